The van der Waals surface area contributed by atoms with Gasteiger partial charge >= 0.3 is 0 Å². The molecule has 0 saturated heterocycles. The molecule has 0 aliphatic carbocycles. The summed E-state index contributed by atoms with van der Waals surface area (Å²) in [7, 11) is 0. The Labute approximate surface area is 80.1 Å². The van der Waals surface area contributed by atoms with Crippen molar-refractivity contribution in [1.82, 2.24) is 0 Å². The first-order valence-corrected chi connectivity index (χ1v) is 4.42. The van der Waals surface area contributed by atoms with Gasteiger partial charge in [-0.2, -0.15) is 0 Å². The fraction of sp³-hybridized carbons (Fsp3) is 0.250. The maximum Gasteiger partial charge on any atom is 0.0870 e. The summed E-state index contributed by atoms with van der Waals surface area (Å²) in [6.45, 7) is 1.79. The van der Waals surface area contributed by atoms with Gasteiger partial charge in [0.15, 0.2) is 0 Å². The number of benzene rings is 1. The monoisotopic (exact) mass is 262 g/mol. The Morgan fingerprint density at radius 2 is 2.00 bits per heavy atom. The molecule has 0 saturated carbocycles. The maximum atomic E-state index is 5.70. The maximum absolute atomic E-state index is 5.70. The summed E-state index contributed by atoms with van der Waals surface area (Å²) in [5.74, 6) is 0. The third-order valence-electron chi connectivity index (χ3n) is 1.45. The van der Waals surface area contributed by atoms with Crippen LogP contribution in [0.1, 0.15) is 12.5 Å². The zero-order valence-electron chi connectivity index (χ0n) is 6.34. The number of nitrogens with two attached hydrogens (primary N) is 2. The lowest BCUT2D eigenvalue weighted by Crippen LogP contribution is -2.42. The second-order valence-electron chi connectivity index (χ2n) is 2.79. The molecule has 1 aromatic rings. The van der Waals surface area contributed by atoms with Gasteiger partial charge < -0.3 is 11.5 Å². The second-order valence-corrected chi connectivity index (χ2v) is 4.04. The summed E-state index contributed by atoms with van der Waals surface area (Å²) in [6, 6.07) is 7.88. The molecule has 11 heavy (non-hydrogen) atoms. The highest BCUT2D eigenvalue weighted by atomic mass is 127. The van der Waals surface area contributed by atoms with E-state index in [0.717, 1.165) is 9.13 Å². The van der Waals surface area contributed by atoms with Crippen LogP contribution in [0.3, 0.4) is 0 Å². The first kappa shape index (κ1) is 8.96. The zero-order valence-corrected chi connectivity index (χ0v) is 8.50. The van der Waals surface area contributed by atoms with Crippen LogP contribution in [0.4, 0.5) is 0 Å². The molecule has 0 amide bonds. The van der Waals surface area contributed by atoms with Crippen LogP contribution in [-0.2, 0) is 5.66 Å². The van der Waals surface area contributed by atoms with E-state index < -0.39 is 5.66 Å². The van der Waals surface area contributed by atoms with Gasteiger partial charge in [0, 0.05) is 3.57 Å². The summed E-state index contributed by atoms with van der Waals surface area (Å²) in [5, 5.41) is 0. The predicted molar refractivity (Wildman–Crippen MR) is 54.9 cm³/mol. The van der Waals surface area contributed by atoms with Gasteiger partial charge in [0.05, 0.1) is 5.66 Å². The summed E-state index contributed by atoms with van der Waals surface area (Å²) < 4.78 is 1.15. The molecule has 0 fully saturated rings. The molecular weight excluding hydrogens is 251 g/mol. The summed E-state index contributed by atoms with van der Waals surface area (Å²) in [6.07, 6.45) is 0. The molecule has 1 aromatic carbocycles. The summed E-state index contributed by atoms with van der Waals surface area (Å²) >= 11 is 2.23. The lowest BCUT2D eigenvalue weighted by molar-refractivity contribution is 0.520. The number of rotatable bonds is 1. The predicted octanol–water partition coefficient (Wildman–Crippen LogP) is 1.38. The third-order valence-corrected chi connectivity index (χ3v) is 2.12. The standard InChI is InChI=1S/C8H11IN2/c1-8(10,11)6-3-2-4-7(9)5-6/h2-5H,10-11H2,1H3. The Morgan fingerprint density at radius 1 is 1.36 bits per heavy atom. The van der Waals surface area contributed by atoms with Gasteiger partial charge in [0.1, 0.15) is 0 Å². The van der Waals surface area contributed by atoms with Gasteiger partial charge in [-0.3, -0.25) is 0 Å². The largest absolute Gasteiger partial charge is 0.310 e. The molecule has 0 unspecified atom stereocenters. The van der Waals surface area contributed by atoms with E-state index in [1.807, 2.05) is 24.3 Å². The quantitative estimate of drug-likeness (QED) is 0.593. The van der Waals surface area contributed by atoms with Gasteiger partial charge in [-0.25, -0.2) is 0 Å². The fourth-order valence-corrected chi connectivity index (χ4v) is 1.37. The molecule has 0 bridgehead atoms. The van der Waals surface area contributed by atoms with E-state index in [4.69, 9.17) is 11.5 Å². The van der Waals surface area contributed by atoms with Crippen LogP contribution in [0.25, 0.3) is 0 Å². The Balaban J connectivity index is 3.06. The molecule has 0 aliphatic heterocycles. The molecule has 0 spiro atoms. The lowest BCUT2D eigenvalue weighted by atomic mass is 10.0. The van der Waals surface area contributed by atoms with E-state index in [-0.39, 0.29) is 0 Å². The van der Waals surface area contributed by atoms with E-state index in [1.165, 1.54) is 0 Å². The molecule has 0 atom stereocenters. The van der Waals surface area contributed by atoms with Gasteiger partial charge in [-0.15, -0.1) is 0 Å². The molecule has 0 heterocycles. The van der Waals surface area contributed by atoms with Crippen molar-refractivity contribution in [2.45, 2.75) is 12.6 Å². The molecular formula is C8H11IN2. The van der Waals surface area contributed by atoms with Crippen LogP contribution in [0.15, 0.2) is 24.3 Å². The van der Waals surface area contributed by atoms with Crippen molar-refractivity contribution in [3.05, 3.63) is 33.4 Å². The molecule has 3 heteroatoms. The molecule has 0 aliphatic rings. The molecule has 2 nitrogen and oxygen atoms in total. The van der Waals surface area contributed by atoms with E-state index in [2.05, 4.69) is 22.6 Å². The molecule has 4 N–H and O–H groups in total. The summed E-state index contributed by atoms with van der Waals surface area (Å²) in [5.41, 5.74) is 11.6. The van der Waals surface area contributed by atoms with Gasteiger partial charge in [-0.1, -0.05) is 12.1 Å². The number of hydrogen-bond acceptors (Lipinski definition) is 2. The second kappa shape index (κ2) is 3.08. The van der Waals surface area contributed by atoms with Crippen molar-refractivity contribution < 1.29 is 0 Å². The molecule has 1 rings (SSSR count). The average molecular weight is 262 g/mol. The lowest BCUT2D eigenvalue weighted by Gasteiger charge is -2.18. The highest BCUT2D eigenvalue weighted by Gasteiger charge is 2.13. The van der Waals surface area contributed by atoms with Gasteiger partial charge in [-0.05, 0) is 47.2 Å². The van der Waals surface area contributed by atoms with Crippen LogP contribution in [-0.4, -0.2) is 0 Å². The van der Waals surface area contributed by atoms with Crippen LogP contribution < -0.4 is 11.5 Å². The van der Waals surface area contributed by atoms with Gasteiger partial charge in [0.2, 0.25) is 0 Å². The molecule has 0 aromatic heterocycles. The Kier molecular flexibility index (Phi) is 2.51. The van der Waals surface area contributed by atoms with Crippen molar-refractivity contribution in [2.75, 3.05) is 0 Å². The number of halogens is 1. The van der Waals surface area contributed by atoms with Crippen molar-refractivity contribution in [3.63, 3.8) is 0 Å². The van der Waals surface area contributed by atoms with Crippen LogP contribution >= 0.6 is 22.6 Å². The average Bonchev–Trinajstić information content (AvgIpc) is 1.86. The third kappa shape index (κ3) is 2.43. The van der Waals surface area contributed by atoms with Crippen LogP contribution in [0, 0.1) is 3.57 Å². The SMILES string of the molecule is CC(N)(N)c1cccc(I)c1. The van der Waals surface area contributed by atoms with Crippen molar-refractivity contribution in [3.8, 4) is 0 Å². The minimum atomic E-state index is -0.721. The highest BCUT2D eigenvalue weighted by molar-refractivity contribution is 14.1. The first-order valence-electron chi connectivity index (χ1n) is 3.34. The Bertz CT molecular complexity index is 253. The smallest absolute Gasteiger partial charge is 0.0870 e. The van der Waals surface area contributed by atoms with E-state index >= 15 is 0 Å². The van der Waals surface area contributed by atoms with E-state index in [0.29, 0.717) is 0 Å². The fourth-order valence-electron chi connectivity index (χ4n) is 0.824. The minimum Gasteiger partial charge on any atom is -0.310 e. The Hall–Kier alpha value is -0.130. The highest BCUT2D eigenvalue weighted by Crippen LogP contribution is 2.14. The topological polar surface area (TPSA) is 52.0 Å². The van der Waals surface area contributed by atoms with Crippen LogP contribution in [0.2, 0.25) is 0 Å². The molecule has 60 valence electrons. The molecule has 0 radical (unpaired) electrons. The normalized spacial score (nSPS) is 11.6. The van der Waals surface area contributed by atoms with E-state index in [9.17, 15) is 0 Å². The van der Waals surface area contributed by atoms with Gasteiger partial charge in [0.25, 0.3) is 0 Å². The van der Waals surface area contributed by atoms with Crippen molar-refractivity contribution in [2.24, 2.45) is 11.5 Å². The Morgan fingerprint density at radius 3 is 2.36 bits per heavy atom. The first-order chi connectivity index (χ1) is 5.00. The van der Waals surface area contributed by atoms with Crippen molar-refractivity contribution in [1.29, 1.82) is 0 Å². The van der Waals surface area contributed by atoms with Crippen molar-refractivity contribution >= 4 is 22.6 Å². The minimum absolute atomic E-state index is 0.721. The number of hydrogen-bond donors (Lipinski definition) is 2. The zero-order chi connectivity index (χ0) is 8.48. The van der Waals surface area contributed by atoms with E-state index in [1.54, 1.807) is 6.92 Å². The van der Waals surface area contributed by atoms with Crippen LogP contribution in [0.5, 0.6) is 0 Å². The summed E-state index contributed by atoms with van der Waals surface area (Å²) in [4.78, 5) is 0.